The van der Waals surface area contributed by atoms with Crippen LogP contribution in [0.4, 0.5) is 5.69 Å². The first kappa shape index (κ1) is 24.5. The van der Waals surface area contributed by atoms with Gasteiger partial charge in [0.15, 0.2) is 0 Å². The molecule has 1 N–H and O–H groups in total. The average Bonchev–Trinajstić information content (AvgIpc) is 3.15. The van der Waals surface area contributed by atoms with E-state index in [-0.39, 0.29) is 5.69 Å². The van der Waals surface area contributed by atoms with Crippen LogP contribution in [0, 0.1) is 13.8 Å². The summed E-state index contributed by atoms with van der Waals surface area (Å²) in [5.74, 6) is 0.490. The Kier molecular flexibility index (Phi) is 6.62. The normalized spacial score (nSPS) is 11.4. The highest BCUT2D eigenvalue weighted by Gasteiger charge is 2.19. The molecule has 0 atom stereocenters. The fraction of sp³-hybridized carbons (Fsp3) is 0.286. The second-order valence-corrected chi connectivity index (χ2v) is 8.88. The molecule has 0 amide bonds. The third-order valence-corrected chi connectivity index (χ3v) is 6.48. The van der Waals surface area contributed by atoms with Gasteiger partial charge in [-0.05, 0) is 50.6 Å². The van der Waals surface area contributed by atoms with E-state index >= 15 is 0 Å². The van der Waals surface area contributed by atoms with Crippen LogP contribution in [0.1, 0.15) is 18.3 Å². The molecule has 0 spiro atoms. The van der Waals surface area contributed by atoms with Crippen molar-refractivity contribution in [3.63, 3.8) is 0 Å². The van der Waals surface area contributed by atoms with Crippen molar-refractivity contribution in [1.82, 2.24) is 24.1 Å². The summed E-state index contributed by atoms with van der Waals surface area (Å²) < 4.78 is 14.0. The van der Waals surface area contributed by atoms with Gasteiger partial charge in [0.1, 0.15) is 6.61 Å². The number of hydrogen-bond acceptors (Lipinski definition) is 7. The Balaban J connectivity index is 1.70. The molecule has 0 radical (unpaired) electrons. The molecular weight excluding hydrogens is 468 g/mol. The summed E-state index contributed by atoms with van der Waals surface area (Å²) in [4.78, 5) is 27.3. The predicted octanol–water partition coefficient (Wildman–Crippen LogP) is 4.41. The van der Waals surface area contributed by atoms with Crippen LogP contribution in [-0.4, -0.2) is 51.0 Å². The van der Waals surface area contributed by atoms with Crippen LogP contribution < -0.4 is 15.7 Å². The van der Waals surface area contributed by atoms with Gasteiger partial charge in [-0.25, -0.2) is 9.78 Å². The molecule has 190 valence electrons. The molecule has 9 heteroatoms. The zero-order chi connectivity index (χ0) is 26.1. The summed E-state index contributed by atoms with van der Waals surface area (Å²) in [7, 11) is 3.38. The minimum absolute atomic E-state index is 0.168. The maximum atomic E-state index is 13.5. The highest BCUT2D eigenvalue weighted by Crippen LogP contribution is 2.31. The molecule has 5 aromatic rings. The third kappa shape index (κ3) is 4.42. The van der Waals surface area contributed by atoms with E-state index in [0.29, 0.717) is 30.5 Å². The molecule has 0 aliphatic rings. The number of imidazole rings is 1. The van der Waals surface area contributed by atoms with Gasteiger partial charge in [0.2, 0.25) is 5.88 Å². The smallest absolute Gasteiger partial charge is 0.333 e. The van der Waals surface area contributed by atoms with E-state index < -0.39 is 0 Å². The van der Waals surface area contributed by atoms with E-state index in [9.17, 15) is 4.79 Å². The summed E-state index contributed by atoms with van der Waals surface area (Å²) >= 11 is 0. The van der Waals surface area contributed by atoms with Crippen LogP contribution in [0.2, 0.25) is 0 Å². The summed E-state index contributed by atoms with van der Waals surface area (Å²) in [6, 6.07) is 11.8. The number of aromatic nitrogens is 5. The van der Waals surface area contributed by atoms with Crippen LogP contribution in [-0.2, 0) is 11.8 Å². The van der Waals surface area contributed by atoms with Crippen molar-refractivity contribution in [2.75, 3.05) is 32.2 Å². The first-order chi connectivity index (χ1) is 17.9. The molecule has 0 saturated heterocycles. The van der Waals surface area contributed by atoms with Crippen LogP contribution in [0.3, 0.4) is 0 Å². The van der Waals surface area contributed by atoms with Crippen LogP contribution in [0.15, 0.2) is 53.6 Å². The fourth-order valence-electron chi connectivity index (χ4n) is 4.54. The number of pyridine rings is 3. The monoisotopic (exact) mass is 498 g/mol. The molecule has 37 heavy (non-hydrogen) atoms. The molecule has 0 unspecified atom stereocenters. The Labute approximate surface area is 214 Å². The van der Waals surface area contributed by atoms with Crippen molar-refractivity contribution in [2.24, 2.45) is 7.05 Å². The standard InChI is InChI=1S/C28H30N6O3/c1-6-29-23-14-20(15-30-17(23)2)19-7-8-22-21(13-19)27-25(16-31-22)33(4)28(35)34(27)24-9-10-26(32-18(24)3)37-12-11-36-5/h7-10,13-16,29H,6,11-12H2,1-5H3. The minimum atomic E-state index is -0.168. The van der Waals surface area contributed by atoms with Crippen molar-refractivity contribution < 1.29 is 9.47 Å². The topological polar surface area (TPSA) is 96.1 Å². The lowest BCUT2D eigenvalue weighted by Crippen LogP contribution is -2.21. The molecule has 0 fully saturated rings. The Morgan fingerprint density at radius 3 is 2.57 bits per heavy atom. The van der Waals surface area contributed by atoms with Crippen LogP contribution in [0.25, 0.3) is 38.8 Å². The molecule has 1 aromatic carbocycles. The van der Waals surface area contributed by atoms with Gasteiger partial charge in [-0.1, -0.05) is 6.07 Å². The van der Waals surface area contributed by atoms with E-state index in [2.05, 4.69) is 39.3 Å². The largest absolute Gasteiger partial charge is 0.475 e. The maximum Gasteiger partial charge on any atom is 0.333 e. The number of ether oxygens (including phenoxy) is 2. The number of nitrogens with one attached hydrogen (secondary N) is 1. The highest BCUT2D eigenvalue weighted by molar-refractivity contribution is 6.04. The number of methoxy groups -OCH3 is 1. The van der Waals surface area contributed by atoms with Gasteiger partial charge in [-0.3, -0.25) is 19.1 Å². The van der Waals surface area contributed by atoms with Crippen molar-refractivity contribution in [3.8, 4) is 22.7 Å². The van der Waals surface area contributed by atoms with Gasteiger partial charge in [0, 0.05) is 43.9 Å². The van der Waals surface area contributed by atoms with E-state index in [1.807, 2.05) is 38.2 Å². The second-order valence-electron chi connectivity index (χ2n) is 8.88. The van der Waals surface area contributed by atoms with E-state index in [1.54, 1.807) is 35.6 Å². The van der Waals surface area contributed by atoms with Gasteiger partial charge >= 0.3 is 5.69 Å². The number of benzene rings is 1. The Hall–Kier alpha value is -4.24. The number of fused-ring (bicyclic) bond motifs is 3. The highest BCUT2D eigenvalue weighted by atomic mass is 16.5. The third-order valence-electron chi connectivity index (χ3n) is 6.48. The number of nitrogens with zero attached hydrogens (tertiary/aromatic N) is 5. The van der Waals surface area contributed by atoms with Gasteiger partial charge in [0.25, 0.3) is 0 Å². The van der Waals surface area contributed by atoms with E-state index in [4.69, 9.17) is 9.47 Å². The predicted molar refractivity (Wildman–Crippen MR) is 146 cm³/mol. The second kappa shape index (κ2) is 10.0. The molecule has 0 aliphatic heterocycles. The Bertz CT molecular complexity index is 1670. The molecule has 4 heterocycles. The van der Waals surface area contributed by atoms with Crippen LogP contribution in [0.5, 0.6) is 5.88 Å². The molecule has 0 bridgehead atoms. The molecular formula is C28H30N6O3. The number of aryl methyl sites for hydroxylation is 3. The summed E-state index contributed by atoms with van der Waals surface area (Å²) in [5.41, 5.74) is 7.46. The van der Waals surface area contributed by atoms with Crippen molar-refractivity contribution in [3.05, 3.63) is 70.7 Å². The lowest BCUT2D eigenvalue weighted by atomic mass is 10.0. The Morgan fingerprint density at radius 1 is 0.973 bits per heavy atom. The SMILES string of the molecule is CCNc1cc(-c2ccc3ncc4c(c3c2)n(-c2ccc(OCCOC)nc2C)c(=O)n4C)cnc1C. The van der Waals surface area contributed by atoms with E-state index in [0.717, 1.165) is 51.0 Å². The van der Waals surface area contributed by atoms with Gasteiger partial charge in [-0.2, -0.15) is 0 Å². The quantitative estimate of drug-likeness (QED) is 0.317. The zero-order valence-electron chi connectivity index (χ0n) is 21.7. The molecule has 0 aliphatic carbocycles. The number of rotatable bonds is 8. The minimum Gasteiger partial charge on any atom is -0.475 e. The number of hydrogen-bond donors (Lipinski definition) is 1. The fourth-order valence-corrected chi connectivity index (χ4v) is 4.54. The first-order valence-electron chi connectivity index (χ1n) is 12.2. The summed E-state index contributed by atoms with van der Waals surface area (Å²) in [6.07, 6.45) is 3.62. The Morgan fingerprint density at radius 2 is 1.81 bits per heavy atom. The molecule has 9 nitrogen and oxygen atoms in total. The molecule has 5 rings (SSSR count). The van der Waals surface area contributed by atoms with Gasteiger partial charge in [0.05, 0.1) is 52.1 Å². The van der Waals surface area contributed by atoms with Crippen molar-refractivity contribution in [1.29, 1.82) is 0 Å². The summed E-state index contributed by atoms with van der Waals surface area (Å²) in [5, 5.41) is 4.25. The van der Waals surface area contributed by atoms with E-state index in [1.165, 1.54) is 0 Å². The lowest BCUT2D eigenvalue weighted by Gasteiger charge is -2.12. The zero-order valence-corrected chi connectivity index (χ0v) is 21.7. The maximum absolute atomic E-state index is 13.5. The molecule has 0 saturated carbocycles. The van der Waals surface area contributed by atoms with Crippen LogP contribution >= 0.6 is 0 Å². The van der Waals surface area contributed by atoms with Gasteiger partial charge in [-0.15, -0.1) is 0 Å². The number of anilines is 1. The average molecular weight is 499 g/mol. The van der Waals surface area contributed by atoms with Crippen molar-refractivity contribution in [2.45, 2.75) is 20.8 Å². The van der Waals surface area contributed by atoms with Gasteiger partial charge < -0.3 is 14.8 Å². The van der Waals surface area contributed by atoms with Crippen molar-refractivity contribution >= 4 is 27.6 Å². The lowest BCUT2D eigenvalue weighted by molar-refractivity contribution is 0.143. The molecule has 4 aromatic heterocycles. The summed E-state index contributed by atoms with van der Waals surface area (Å²) in [6.45, 7) is 7.61. The first-order valence-corrected chi connectivity index (χ1v) is 12.2.